The molecule has 0 saturated heterocycles. The summed E-state index contributed by atoms with van der Waals surface area (Å²) in [4.78, 5) is 12.1. The fourth-order valence-electron chi connectivity index (χ4n) is 2.33. The summed E-state index contributed by atoms with van der Waals surface area (Å²) in [5, 5.41) is 14.5. The zero-order valence-electron chi connectivity index (χ0n) is 12.2. The van der Waals surface area contributed by atoms with E-state index in [4.69, 9.17) is 5.11 Å². The third-order valence-electron chi connectivity index (χ3n) is 3.41. The number of aryl methyl sites for hydroxylation is 1. The lowest BCUT2D eigenvalue weighted by molar-refractivity contribution is -0.137. The van der Waals surface area contributed by atoms with Gasteiger partial charge in [0.15, 0.2) is 0 Å². The van der Waals surface area contributed by atoms with Crippen LogP contribution in [-0.2, 0) is 17.8 Å². The maximum absolute atomic E-state index is 10.8. The van der Waals surface area contributed by atoms with Crippen LogP contribution in [0.25, 0.3) is 0 Å². The lowest BCUT2D eigenvalue weighted by atomic mass is 10.0. The van der Waals surface area contributed by atoms with Crippen LogP contribution in [0, 0.1) is 6.92 Å². The monoisotopic (exact) mass is 303 g/mol. The highest BCUT2D eigenvalue weighted by Gasteiger charge is 2.11. The number of hydrogen-bond donors (Lipinski definition) is 2. The number of aliphatic carboxylic acids is 1. The van der Waals surface area contributed by atoms with Gasteiger partial charge in [-0.15, -0.1) is 11.3 Å². The molecule has 3 nitrogen and oxygen atoms in total. The predicted octanol–water partition coefficient (Wildman–Crippen LogP) is 3.62. The van der Waals surface area contributed by atoms with Crippen LogP contribution in [0.1, 0.15) is 28.8 Å². The smallest absolute Gasteiger partial charge is 0.303 e. The maximum atomic E-state index is 10.8. The number of carboxylic acids is 1. The van der Waals surface area contributed by atoms with Crippen molar-refractivity contribution in [3.63, 3.8) is 0 Å². The van der Waals surface area contributed by atoms with Gasteiger partial charge in [0.25, 0.3) is 0 Å². The molecule has 2 aromatic rings. The zero-order chi connectivity index (χ0) is 15.1. The van der Waals surface area contributed by atoms with Crippen molar-refractivity contribution in [1.29, 1.82) is 0 Å². The van der Waals surface area contributed by atoms with E-state index in [0.29, 0.717) is 6.42 Å². The Labute approximate surface area is 129 Å². The molecule has 0 radical (unpaired) electrons. The molecule has 0 spiro atoms. The molecule has 0 aliphatic carbocycles. The summed E-state index contributed by atoms with van der Waals surface area (Å²) in [5.74, 6) is -0.735. The number of benzene rings is 1. The first-order valence-corrected chi connectivity index (χ1v) is 8.04. The van der Waals surface area contributed by atoms with E-state index in [9.17, 15) is 4.79 Å². The zero-order valence-corrected chi connectivity index (χ0v) is 13.0. The second kappa shape index (κ2) is 7.96. The molecule has 2 N–H and O–H groups in total. The molecule has 1 heterocycles. The second-order valence-corrected chi connectivity index (χ2v) is 6.38. The molecular formula is C17H21NO2S. The highest BCUT2D eigenvalue weighted by molar-refractivity contribution is 7.10. The molecule has 2 rings (SSSR count). The standard InChI is InChI=1S/C17H21NO2S/c1-13-9-15(12-21-13)11-18-16(7-8-17(19)20)10-14-5-3-2-4-6-14/h2-6,9,12,16,18H,7-8,10-11H2,1H3,(H,19,20). The van der Waals surface area contributed by atoms with E-state index in [-0.39, 0.29) is 12.5 Å². The van der Waals surface area contributed by atoms with E-state index < -0.39 is 5.97 Å². The van der Waals surface area contributed by atoms with Crippen molar-refractivity contribution in [3.05, 3.63) is 57.8 Å². The van der Waals surface area contributed by atoms with Crippen molar-refractivity contribution in [2.45, 2.75) is 38.8 Å². The minimum absolute atomic E-state index is 0.184. The summed E-state index contributed by atoms with van der Waals surface area (Å²) in [6.45, 7) is 2.89. The normalized spacial score (nSPS) is 12.2. The fourth-order valence-corrected chi connectivity index (χ4v) is 3.03. The highest BCUT2D eigenvalue weighted by Crippen LogP contribution is 2.14. The van der Waals surface area contributed by atoms with Crippen molar-refractivity contribution in [1.82, 2.24) is 5.32 Å². The first kappa shape index (κ1) is 15.7. The van der Waals surface area contributed by atoms with Crippen LogP contribution in [0.2, 0.25) is 0 Å². The van der Waals surface area contributed by atoms with E-state index in [1.807, 2.05) is 18.2 Å². The summed E-state index contributed by atoms with van der Waals surface area (Å²) in [7, 11) is 0. The molecule has 1 unspecified atom stereocenters. The van der Waals surface area contributed by atoms with Gasteiger partial charge in [0.1, 0.15) is 0 Å². The predicted molar refractivity (Wildman–Crippen MR) is 86.7 cm³/mol. The molecule has 21 heavy (non-hydrogen) atoms. The van der Waals surface area contributed by atoms with Crippen LogP contribution >= 0.6 is 11.3 Å². The van der Waals surface area contributed by atoms with Gasteiger partial charge in [-0.3, -0.25) is 4.79 Å². The Balaban J connectivity index is 1.92. The van der Waals surface area contributed by atoms with Gasteiger partial charge < -0.3 is 10.4 Å². The molecule has 0 aliphatic rings. The minimum Gasteiger partial charge on any atom is -0.481 e. The molecular weight excluding hydrogens is 282 g/mol. The molecule has 1 aromatic heterocycles. The van der Waals surface area contributed by atoms with Crippen molar-refractivity contribution >= 4 is 17.3 Å². The average molecular weight is 303 g/mol. The summed E-state index contributed by atoms with van der Waals surface area (Å²) in [6, 6.07) is 12.6. The topological polar surface area (TPSA) is 49.3 Å². The van der Waals surface area contributed by atoms with Crippen LogP contribution < -0.4 is 5.32 Å². The number of rotatable bonds is 8. The highest BCUT2D eigenvalue weighted by atomic mass is 32.1. The number of hydrogen-bond acceptors (Lipinski definition) is 3. The van der Waals surface area contributed by atoms with Gasteiger partial charge in [-0.2, -0.15) is 0 Å². The number of thiophene rings is 1. The maximum Gasteiger partial charge on any atom is 0.303 e. The van der Waals surface area contributed by atoms with Gasteiger partial charge >= 0.3 is 5.97 Å². The summed E-state index contributed by atoms with van der Waals surface area (Å²) in [5.41, 5.74) is 2.51. The largest absolute Gasteiger partial charge is 0.481 e. The van der Waals surface area contributed by atoms with Gasteiger partial charge in [0, 0.05) is 23.9 Å². The number of carboxylic acid groups (broad SMARTS) is 1. The van der Waals surface area contributed by atoms with Crippen molar-refractivity contribution in [2.75, 3.05) is 0 Å². The molecule has 0 amide bonds. The molecule has 112 valence electrons. The Morgan fingerprint density at radius 1 is 1.29 bits per heavy atom. The van der Waals surface area contributed by atoms with E-state index in [1.165, 1.54) is 16.0 Å². The Hall–Kier alpha value is -1.65. The van der Waals surface area contributed by atoms with E-state index in [0.717, 1.165) is 13.0 Å². The molecule has 0 saturated carbocycles. The second-order valence-electron chi connectivity index (χ2n) is 5.27. The van der Waals surface area contributed by atoms with E-state index in [1.54, 1.807) is 11.3 Å². The Bertz CT molecular complexity index is 565. The Kier molecular flexibility index (Phi) is 5.96. The lowest BCUT2D eigenvalue weighted by Crippen LogP contribution is -2.31. The quantitative estimate of drug-likeness (QED) is 0.783. The van der Waals surface area contributed by atoms with Crippen molar-refractivity contribution < 1.29 is 9.90 Å². The molecule has 1 aromatic carbocycles. The Morgan fingerprint density at radius 3 is 2.67 bits per heavy atom. The first-order valence-electron chi connectivity index (χ1n) is 7.16. The lowest BCUT2D eigenvalue weighted by Gasteiger charge is -2.18. The molecule has 0 bridgehead atoms. The van der Waals surface area contributed by atoms with Crippen LogP contribution in [-0.4, -0.2) is 17.1 Å². The molecule has 4 heteroatoms. The fraction of sp³-hybridized carbons (Fsp3) is 0.353. The van der Waals surface area contributed by atoms with Crippen LogP contribution in [0.15, 0.2) is 41.8 Å². The Morgan fingerprint density at radius 2 is 2.05 bits per heavy atom. The van der Waals surface area contributed by atoms with Crippen LogP contribution in [0.3, 0.4) is 0 Å². The van der Waals surface area contributed by atoms with Gasteiger partial charge in [-0.25, -0.2) is 0 Å². The summed E-state index contributed by atoms with van der Waals surface area (Å²) >= 11 is 1.74. The van der Waals surface area contributed by atoms with Gasteiger partial charge in [0.2, 0.25) is 0 Å². The van der Waals surface area contributed by atoms with Crippen molar-refractivity contribution in [2.24, 2.45) is 0 Å². The summed E-state index contributed by atoms with van der Waals surface area (Å²) in [6.07, 6.45) is 1.71. The number of nitrogens with one attached hydrogen (secondary N) is 1. The molecule has 1 atom stereocenters. The van der Waals surface area contributed by atoms with E-state index in [2.05, 4.69) is 35.8 Å². The molecule has 0 aliphatic heterocycles. The van der Waals surface area contributed by atoms with Gasteiger partial charge in [-0.05, 0) is 42.3 Å². The number of carbonyl (C=O) groups is 1. The first-order chi connectivity index (χ1) is 10.1. The van der Waals surface area contributed by atoms with Crippen LogP contribution in [0.4, 0.5) is 0 Å². The van der Waals surface area contributed by atoms with Crippen LogP contribution in [0.5, 0.6) is 0 Å². The minimum atomic E-state index is -0.735. The van der Waals surface area contributed by atoms with Crippen molar-refractivity contribution in [3.8, 4) is 0 Å². The molecule has 0 fully saturated rings. The summed E-state index contributed by atoms with van der Waals surface area (Å²) < 4.78 is 0. The average Bonchev–Trinajstić information content (AvgIpc) is 2.88. The SMILES string of the molecule is Cc1cc(CNC(CCC(=O)O)Cc2ccccc2)cs1. The van der Waals surface area contributed by atoms with Gasteiger partial charge in [-0.1, -0.05) is 30.3 Å². The van der Waals surface area contributed by atoms with E-state index >= 15 is 0 Å². The van der Waals surface area contributed by atoms with Gasteiger partial charge in [0.05, 0.1) is 0 Å². The third kappa shape index (κ3) is 5.69. The third-order valence-corrected chi connectivity index (χ3v) is 4.32.